The molecule has 0 aromatic heterocycles. The molecule has 0 amide bonds. The van der Waals surface area contributed by atoms with Gasteiger partial charge in [0.1, 0.15) is 5.54 Å². The van der Waals surface area contributed by atoms with Gasteiger partial charge >= 0.3 is 0 Å². The Kier molecular flexibility index (Phi) is 1.25. The number of hydrogen-bond acceptors (Lipinski definition) is 2. The summed E-state index contributed by atoms with van der Waals surface area (Å²) in [5, 5.41) is 8.55. The van der Waals surface area contributed by atoms with Crippen LogP contribution < -0.4 is 5.73 Å². The summed E-state index contributed by atoms with van der Waals surface area (Å²) in [5.41, 5.74) is 5.08. The lowest BCUT2D eigenvalue weighted by atomic mass is 9.98. The SMILES string of the molecule is CC1CC1C(C)(N)C#N. The third-order valence-corrected chi connectivity index (χ3v) is 2.12. The molecule has 1 aliphatic rings. The third-order valence-electron chi connectivity index (χ3n) is 2.12. The molecule has 1 saturated carbocycles. The summed E-state index contributed by atoms with van der Waals surface area (Å²) >= 11 is 0. The fourth-order valence-corrected chi connectivity index (χ4v) is 1.24. The van der Waals surface area contributed by atoms with Crippen LogP contribution in [0.4, 0.5) is 0 Å². The molecule has 1 aliphatic carbocycles. The summed E-state index contributed by atoms with van der Waals surface area (Å²) in [6.45, 7) is 3.94. The fraction of sp³-hybridized carbons (Fsp3) is 0.857. The van der Waals surface area contributed by atoms with Crippen LogP contribution in [0.15, 0.2) is 0 Å². The first-order valence-electron chi connectivity index (χ1n) is 3.28. The highest BCUT2D eigenvalue weighted by Gasteiger charge is 2.45. The van der Waals surface area contributed by atoms with E-state index in [4.69, 9.17) is 11.0 Å². The van der Waals surface area contributed by atoms with Crippen LogP contribution in [0.2, 0.25) is 0 Å². The molecule has 0 aromatic carbocycles. The van der Waals surface area contributed by atoms with Gasteiger partial charge in [0.2, 0.25) is 0 Å². The standard InChI is InChI=1S/C7H12N2/c1-5-3-6(5)7(2,9)4-8/h5-6H,3,9H2,1-2H3. The van der Waals surface area contributed by atoms with E-state index in [0.29, 0.717) is 11.8 Å². The van der Waals surface area contributed by atoms with Gasteiger partial charge in [-0.05, 0) is 25.2 Å². The van der Waals surface area contributed by atoms with Crippen molar-refractivity contribution in [1.82, 2.24) is 0 Å². The van der Waals surface area contributed by atoms with Crippen LogP contribution in [0.5, 0.6) is 0 Å². The first kappa shape index (κ1) is 6.57. The molecule has 0 radical (unpaired) electrons. The van der Waals surface area contributed by atoms with Gasteiger partial charge in [0.15, 0.2) is 0 Å². The van der Waals surface area contributed by atoms with E-state index in [1.54, 1.807) is 6.92 Å². The minimum absolute atomic E-state index is 0.447. The second kappa shape index (κ2) is 1.71. The van der Waals surface area contributed by atoms with E-state index in [2.05, 4.69) is 13.0 Å². The number of rotatable bonds is 1. The number of nitrogens with two attached hydrogens (primary N) is 1. The molecule has 0 bridgehead atoms. The van der Waals surface area contributed by atoms with Crippen LogP contribution >= 0.6 is 0 Å². The highest BCUT2D eigenvalue weighted by molar-refractivity contribution is 5.12. The molecule has 3 unspecified atom stereocenters. The monoisotopic (exact) mass is 124 g/mol. The number of nitriles is 1. The summed E-state index contributed by atoms with van der Waals surface area (Å²) in [6.07, 6.45) is 1.13. The third kappa shape index (κ3) is 1.06. The quantitative estimate of drug-likeness (QED) is 0.564. The van der Waals surface area contributed by atoms with Gasteiger partial charge < -0.3 is 5.73 Å². The Morgan fingerprint density at radius 2 is 2.22 bits per heavy atom. The zero-order valence-electron chi connectivity index (χ0n) is 5.89. The Bertz CT molecular complexity index is 155. The molecule has 50 valence electrons. The first-order chi connectivity index (χ1) is 4.08. The molecule has 9 heavy (non-hydrogen) atoms. The summed E-state index contributed by atoms with van der Waals surface area (Å²) in [5.74, 6) is 1.11. The zero-order chi connectivity index (χ0) is 7.07. The molecule has 3 atom stereocenters. The number of nitrogens with zero attached hydrogens (tertiary/aromatic N) is 1. The van der Waals surface area contributed by atoms with Crippen molar-refractivity contribution in [3.8, 4) is 6.07 Å². The van der Waals surface area contributed by atoms with E-state index in [1.165, 1.54) is 0 Å². The van der Waals surface area contributed by atoms with Crippen LogP contribution in [0.3, 0.4) is 0 Å². The van der Waals surface area contributed by atoms with Gasteiger partial charge in [0.25, 0.3) is 0 Å². The lowest BCUT2D eigenvalue weighted by molar-refractivity contribution is 0.496. The van der Waals surface area contributed by atoms with Crippen molar-refractivity contribution in [2.75, 3.05) is 0 Å². The van der Waals surface area contributed by atoms with Gasteiger partial charge in [-0.25, -0.2) is 0 Å². The minimum Gasteiger partial charge on any atom is -0.313 e. The Morgan fingerprint density at radius 3 is 2.33 bits per heavy atom. The lowest BCUT2D eigenvalue weighted by Gasteiger charge is -2.13. The van der Waals surface area contributed by atoms with Crippen LogP contribution in [0.25, 0.3) is 0 Å². The molecular weight excluding hydrogens is 112 g/mol. The van der Waals surface area contributed by atoms with Crippen LogP contribution in [0.1, 0.15) is 20.3 Å². The number of hydrogen-bond donors (Lipinski definition) is 1. The second-order valence-corrected chi connectivity index (χ2v) is 3.21. The van der Waals surface area contributed by atoms with E-state index in [0.717, 1.165) is 6.42 Å². The maximum Gasteiger partial charge on any atom is 0.104 e. The topological polar surface area (TPSA) is 49.8 Å². The molecule has 2 N–H and O–H groups in total. The molecule has 2 nitrogen and oxygen atoms in total. The average molecular weight is 124 g/mol. The van der Waals surface area contributed by atoms with Crippen molar-refractivity contribution in [3.63, 3.8) is 0 Å². The predicted molar refractivity (Wildman–Crippen MR) is 35.5 cm³/mol. The normalized spacial score (nSPS) is 38.9. The molecule has 2 heteroatoms. The van der Waals surface area contributed by atoms with Crippen molar-refractivity contribution >= 4 is 0 Å². The summed E-state index contributed by atoms with van der Waals surface area (Å²) in [7, 11) is 0. The molecule has 0 spiro atoms. The van der Waals surface area contributed by atoms with Crippen molar-refractivity contribution in [3.05, 3.63) is 0 Å². The molecule has 1 fully saturated rings. The molecule has 1 rings (SSSR count). The largest absolute Gasteiger partial charge is 0.313 e. The van der Waals surface area contributed by atoms with Gasteiger partial charge in [0.05, 0.1) is 6.07 Å². The zero-order valence-corrected chi connectivity index (χ0v) is 5.89. The Morgan fingerprint density at radius 1 is 1.78 bits per heavy atom. The van der Waals surface area contributed by atoms with Crippen molar-refractivity contribution in [2.24, 2.45) is 17.6 Å². The Hall–Kier alpha value is -0.550. The molecular formula is C7H12N2. The highest BCUT2D eigenvalue weighted by atomic mass is 14.8. The van der Waals surface area contributed by atoms with E-state index >= 15 is 0 Å². The van der Waals surface area contributed by atoms with Gasteiger partial charge in [-0.1, -0.05) is 6.92 Å². The van der Waals surface area contributed by atoms with Gasteiger partial charge in [-0.3, -0.25) is 0 Å². The Balaban J connectivity index is 2.54. The fourth-order valence-electron chi connectivity index (χ4n) is 1.24. The van der Waals surface area contributed by atoms with Crippen molar-refractivity contribution in [1.29, 1.82) is 5.26 Å². The van der Waals surface area contributed by atoms with Gasteiger partial charge in [-0.15, -0.1) is 0 Å². The van der Waals surface area contributed by atoms with Crippen molar-refractivity contribution < 1.29 is 0 Å². The second-order valence-electron chi connectivity index (χ2n) is 3.21. The molecule has 0 aromatic rings. The van der Waals surface area contributed by atoms with E-state index in [1.807, 2.05) is 0 Å². The average Bonchev–Trinajstić information content (AvgIpc) is 2.47. The molecule has 0 aliphatic heterocycles. The molecule has 0 heterocycles. The highest BCUT2D eigenvalue weighted by Crippen LogP contribution is 2.44. The van der Waals surface area contributed by atoms with Crippen LogP contribution in [-0.4, -0.2) is 5.54 Å². The van der Waals surface area contributed by atoms with E-state index in [-0.39, 0.29) is 0 Å². The Labute approximate surface area is 55.7 Å². The maximum absolute atomic E-state index is 8.55. The summed E-state index contributed by atoms with van der Waals surface area (Å²) in [6, 6.07) is 2.11. The predicted octanol–water partition coefficient (Wildman–Crippen LogP) is 0.883. The minimum atomic E-state index is -0.570. The van der Waals surface area contributed by atoms with Gasteiger partial charge in [0, 0.05) is 0 Å². The van der Waals surface area contributed by atoms with Crippen LogP contribution in [0, 0.1) is 23.2 Å². The van der Waals surface area contributed by atoms with Crippen molar-refractivity contribution in [2.45, 2.75) is 25.8 Å². The summed E-state index contributed by atoms with van der Waals surface area (Å²) in [4.78, 5) is 0. The van der Waals surface area contributed by atoms with E-state index in [9.17, 15) is 0 Å². The van der Waals surface area contributed by atoms with Crippen LogP contribution in [-0.2, 0) is 0 Å². The molecule has 0 saturated heterocycles. The first-order valence-corrected chi connectivity index (χ1v) is 3.28. The van der Waals surface area contributed by atoms with E-state index < -0.39 is 5.54 Å². The maximum atomic E-state index is 8.55. The summed E-state index contributed by atoms with van der Waals surface area (Å²) < 4.78 is 0. The lowest BCUT2D eigenvalue weighted by Crippen LogP contribution is -2.37. The van der Waals surface area contributed by atoms with Gasteiger partial charge in [-0.2, -0.15) is 5.26 Å². The smallest absolute Gasteiger partial charge is 0.104 e.